The molecular weight excluding hydrogens is 378 g/mol. The topological polar surface area (TPSA) is 55.4 Å². The highest BCUT2D eigenvalue weighted by Crippen LogP contribution is 2.30. The number of benzene rings is 2. The van der Waals surface area contributed by atoms with Gasteiger partial charge in [-0.15, -0.1) is 0 Å². The molecule has 0 unspecified atom stereocenters. The van der Waals surface area contributed by atoms with Crippen LogP contribution in [0.15, 0.2) is 45.8 Å². The standard InChI is InChI=1S/C14H13BrClNO3S/c1-9-3-4-10(15)7-14(9)21(18,19)17-13-8-11(20-2)5-6-12(13)16/h3-8,17H,1-2H3. The van der Waals surface area contributed by atoms with Crippen LogP contribution in [0.2, 0.25) is 5.02 Å². The Balaban J connectivity index is 2.44. The number of methoxy groups -OCH3 is 1. The van der Waals surface area contributed by atoms with Crippen molar-refractivity contribution in [1.29, 1.82) is 0 Å². The van der Waals surface area contributed by atoms with E-state index in [0.29, 0.717) is 20.8 Å². The molecule has 0 radical (unpaired) electrons. The van der Waals surface area contributed by atoms with Crippen molar-refractivity contribution < 1.29 is 13.2 Å². The third kappa shape index (κ3) is 3.70. The monoisotopic (exact) mass is 389 g/mol. The lowest BCUT2D eigenvalue weighted by molar-refractivity contribution is 0.415. The van der Waals surface area contributed by atoms with Crippen LogP contribution in [0.3, 0.4) is 0 Å². The molecule has 112 valence electrons. The second kappa shape index (κ2) is 6.25. The van der Waals surface area contributed by atoms with Gasteiger partial charge in [0.1, 0.15) is 5.75 Å². The highest BCUT2D eigenvalue weighted by atomic mass is 79.9. The summed E-state index contributed by atoms with van der Waals surface area (Å²) >= 11 is 9.30. The summed E-state index contributed by atoms with van der Waals surface area (Å²) in [6, 6.07) is 9.83. The molecule has 0 aliphatic carbocycles. The van der Waals surface area contributed by atoms with E-state index in [1.165, 1.54) is 13.2 Å². The van der Waals surface area contributed by atoms with E-state index < -0.39 is 10.0 Å². The minimum absolute atomic E-state index is 0.191. The van der Waals surface area contributed by atoms with Gasteiger partial charge in [-0.1, -0.05) is 33.6 Å². The van der Waals surface area contributed by atoms with E-state index in [0.717, 1.165) is 0 Å². The fraction of sp³-hybridized carbons (Fsp3) is 0.143. The molecule has 0 heterocycles. The predicted molar refractivity (Wildman–Crippen MR) is 87.7 cm³/mol. The molecule has 2 aromatic rings. The summed E-state index contributed by atoms with van der Waals surface area (Å²) in [6.45, 7) is 1.73. The van der Waals surface area contributed by atoms with Gasteiger partial charge in [0.25, 0.3) is 10.0 Å². The van der Waals surface area contributed by atoms with Crippen molar-refractivity contribution in [1.82, 2.24) is 0 Å². The average Bonchev–Trinajstić information content (AvgIpc) is 2.43. The van der Waals surface area contributed by atoms with E-state index in [1.54, 1.807) is 37.3 Å². The van der Waals surface area contributed by atoms with Gasteiger partial charge >= 0.3 is 0 Å². The Bertz CT molecular complexity index is 778. The summed E-state index contributed by atoms with van der Waals surface area (Å²) in [5.74, 6) is 0.517. The molecule has 0 aliphatic rings. The third-order valence-corrected chi connectivity index (χ3v) is 5.19. The molecule has 0 saturated carbocycles. The second-order valence-corrected chi connectivity index (χ2v) is 7.33. The smallest absolute Gasteiger partial charge is 0.262 e. The second-order valence-electron chi connectivity index (χ2n) is 4.36. The minimum Gasteiger partial charge on any atom is -0.497 e. The molecule has 4 nitrogen and oxygen atoms in total. The number of halogens is 2. The van der Waals surface area contributed by atoms with Crippen molar-refractivity contribution >= 4 is 43.2 Å². The number of hydrogen-bond donors (Lipinski definition) is 1. The highest BCUT2D eigenvalue weighted by molar-refractivity contribution is 9.10. The van der Waals surface area contributed by atoms with Crippen LogP contribution in [0.25, 0.3) is 0 Å². The number of aryl methyl sites for hydroxylation is 1. The van der Waals surface area contributed by atoms with E-state index in [-0.39, 0.29) is 10.6 Å². The SMILES string of the molecule is COc1ccc(Cl)c(NS(=O)(=O)c2cc(Br)ccc2C)c1. The molecule has 0 atom stereocenters. The maximum absolute atomic E-state index is 12.5. The highest BCUT2D eigenvalue weighted by Gasteiger charge is 2.19. The molecule has 0 fully saturated rings. The predicted octanol–water partition coefficient (Wildman–Crippen LogP) is 4.22. The van der Waals surface area contributed by atoms with E-state index in [9.17, 15) is 8.42 Å². The van der Waals surface area contributed by atoms with Crippen molar-refractivity contribution in [2.75, 3.05) is 11.8 Å². The summed E-state index contributed by atoms with van der Waals surface area (Å²) in [7, 11) is -2.23. The molecule has 0 amide bonds. The molecule has 0 bridgehead atoms. The Morgan fingerprint density at radius 3 is 2.57 bits per heavy atom. The molecular formula is C14H13BrClNO3S. The maximum Gasteiger partial charge on any atom is 0.262 e. The Morgan fingerprint density at radius 2 is 1.90 bits per heavy atom. The van der Waals surface area contributed by atoms with Crippen LogP contribution in [-0.4, -0.2) is 15.5 Å². The Kier molecular flexibility index (Phi) is 4.81. The van der Waals surface area contributed by atoms with Gasteiger partial charge in [-0.05, 0) is 36.8 Å². The molecule has 7 heteroatoms. The first-order valence-corrected chi connectivity index (χ1v) is 8.61. The minimum atomic E-state index is -3.73. The van der Waals surface area contributed by atoms with E-state index in [1.807, 2.05) is 0 Å². The first-order chi connectivity index (χ1) is 9.83. The first-order valence-electron chi connectivity index (χ1n) is 5.96. The van der Waals surface area contributed by atoms with Gasteiger partial charge in [0.2, 0.25) is 0 Å². The molecule has 1 N–H and O–H groups in total. The van der Waals surface area contributed by atoms with Crippen molar-refractivity contribution in [3.63, 3.8) is 0 Å². The van der Waals surface area contributed by atoms with E-state index in [4.69, 9.17) is 16.3 Å². The Morgan fingerprint density at radius 1 is 1.19 bits per heavy atom. The van der Waals surface area contributed by atoms with E-state index in [2.05, 4.69) is 20.7 Å². The van der Waals surface area contributed by atoms with Gasteiger partial charge in [-0.2, -0.15) is 0 Å². The number of anilines is 1. The van der Waals surface area contributed by atoms with Gasteiger partial charge < -0.3 is 4.74 Å². The lowest BCUT2D eigenvalue weighted by atomic mass is 10.2. The molecule has 0 aliphatic heterocycles. The summed E-state index contributed by atoms with van der Waals surface area (Å²) < 4.78 is 33.2. The van der Waals surface area contributed by atoms with Gasteiger partial charge in [-0.25, -0.2) is 8.42 Å². The quantitative estimate of drug-likeness (QED) is 0.850. The number of hydrogen-bond acceptors (Lipinski definition) is 3. The summed E-state index contributed by atoms with van der Waals surface area (Å²) in [5, 5.41) is 0.298. The summed E-state index contributed by atoms with van der Waals surface area (Å²) in [6.07, 6.45) is 0. The van der Waals surface area contributed by atoms with Crippen LogP contribution in [0.5, 0.6) is 5.75 Å². The van der Waals surface area contributed by atoms with Crippen molar-refractivity contribution in [2.45, 2.75) is 11.8 Å². The number of nitrogens with one attached hydrogen (secondary N) is 1. The van der Waals surface area contributed by atoms with Gasteiger partial charge in [-0.3, -0.25) is 4.72 Å². The molecule has 2 rings (SSSR count). The largest absolute Gasteiger partial charge is 0.497 e. The first kappa shape index (κ1) is 16.1. The number of sulfonamides is 1. The summed E-state index contributed by atoms with van der Waals surface area (Å²) in [5.41, 5.74) is 0.917. The van der Waals surface area contributed by atoms with Gasteiger partial charge in [0.15, 0.2) is 0 Å². The number of rotatable bonds is 4. The van der Waals surface area contributed by atoms with Crippen LogP contribution >= 0.6 is 27.5 Å². The molecule has 2 aromatic carbocycles. The summed E-state index contributed by atoms with van der Waals surface area (Å²) in [4.78, 5) is 0.191. The Labute approximate surface area is 137 Å². The lowest BCUT2D eigenvalue weighted by Crippen LogP contribution is -2.14. The van der Waals surface area contributed by atoms with Crippen LogP contribution in [0.1, 0.15) is 5.56 Å². The van der Waals surface area contributed by atoms with Crippen molar-refractivity contribution in [3.8, 4) is 5.75 Å². The molecule has 0 saturated heterocycles. The zero-order valence-corrected chi connectivity index (χ0v) is 14.5. The fourth-order valence-electron chi connectivity index (χ4n) is 1.77. The van der Waals surface area contributed by atoms with Crippen LogP contribution in [0, 0.1) is 6.92 Å². The van der Waals surface area contributed by atoms with E-state index >= 15 is 0 Å². The van der Waals surface area contributed by atoms with Crippen LogP contribution in [0.4, 0.5) is 5.69 Å². The zero-order valence-electron chi connectivity index (χ0n) is 11.4. The van der Waals surface area contributed by atoms with Crippen LogP contribution < -0.4 is 9.46 Å². The van der Waals surface area contributed by atoms with Gasteiger partial charge in [0.05, 0.1) is 22.7 Å². The lowest BCUT2D eigenvalue weighted by Gasteiger charge is -2.13. The average molecular weight is 391 g/mol. The fourth-order valence-corrected chi connectivity index (χ4v) is 3.85. The van der Waals surface area contributed by atoms with Crippen molar-refractivity contribution in [3.05, 3.63) is 51.5 Å². The van der Waals surface area contributed by atoms with Gasteiger partial charge in [0, 0.05) is 10.5 Å². The van der Waals surface area contributed by atoms with Crippen molar-refractivity contribution in [2.24, 2.45) is 0 Å². The Hall–Kier alpha value is -1.24. The molecule has 21 heavy (non-hydrogen) atoms. The zero-order chi connectivity index (χ0) is 15.6. The van der Waals surface area contributed by atoms with Crippen LogP contribution in [-0.2, 0) is 10.0 Å². The molecule has 0 spiro atoms. The third-order valence-electron chi connectivity index (χ3n) is 2.86. The number of ether oxygens (including phenoxy) is 1. The maximum atomic E-state index is 12.5. The normalized spacial score (nSPS) is 11.2. The molecule has 0 aromatic heterocycles.